The second kappa shape index (κ2) is 11.8. The van der Waals surface area contributed by atoms with Gasteiger partial charge in [0, 0.05) is 43.9 Å². The second-order valence-electron chi connectivity index (χ2n) is 14.2. The van der Waals surface area contributed by atoms with Gasteiger partial charge in [0.15, 0.2) is 0 Å². The minimum atomic E-state index is -0.181. The Morgan fingerprint density at radius 1 is 0.837 bits per heavy atom. The first kappa shape index (κ1) is 28.0. The van der Waals surface area contributed by atoms with Crippen molar-refractivity contribution in [3.63, 3.8) is 0 Å². The minimum absolute atomic E-state index is 0.0614. The summed E-state index contributed by atoms with van der Waals surface area (Å²) >= 11 is 0. The number of ether oxygens (including phenoxy) is 1. The maximum Gasteiger partial charge on any atom is 0.251 e. The van der Waals surface area contributed by atoms with Crippen LogP contribution in [-0.4, -0.2) is 49.2 Å². The second-order valence-corrected chi connectivity index (χ2v) is 14.2. The van der Waals surface area contributed by atoms with Crippen LogP contribution in [0.15, 0.2) is 42.5 Å². The van der Waals surface area contributed by atoms with Crippen molar-refractivity contribution in [3.05, 3.63) is 64.7 Å². The molecule has 43 heavy (non-hydrogen) atoms. The minimum Gasteiger partial charge on any atom is -0.368 e. The Bertz CT molecular complexity index is 1290. The van der Waals surface area contributed by atoms with Crippen molar-refractivity contribution in [1.82, 2.24) is 26.8 Å². The predicted octanol–water partition coefficient (Wildman–Crippen LogP) is 4.95. The lowest BCUT2D eigenvalue weighted by molar-refractivity contribution is -0.142. The lowest BCUT2D eigenvalue weighted by atomic mass is 9.84. The number of nitrogens with one attached hydrogen (secondary N) is 4. The van der Waals surface area contributed by atoms with Gasteiger partial charge in [0.25, 0.3) is 5.91 Å². The first-order valence-electron chi connectivity index (χ1n) is 17.1. The number of amides is 1. The van der Waals surface area contributed by atoms with Gasteiger partial charge >= 0.3 is 0 Å². The third kappa shape index (κ3) is 5.50. The van der Waals surface area contributed by atoms with Gasteiger partial charge in [0.1, 0.15) is 12.3 Å². The van der Waals surface area contributed by atoms with Crippen molar-refractivity contribution in [1.29, 1.82) is 0 Å². The van der Waals surface area contributed by atoms with E-state index in [4.69, 9.17) is 4.74 Å². The molecule has 3 saturated heterocycles. The van der Waals surface area contributed by atoms with E-state index in [1.165, 1.54) is 72.9 Å². The van der Waals surface area contributed by atoms with Crippen molar-refractivity contribution >= 4 is 11.6 Å². The third-order valence-corrected chi connectivity index (χ3v) is 11.7. The molecule has 0 bridgehead atoms. The average Bonchev–Trinajstić information content (AvgIpc) is 3.35. The van der Waals surface area contributed by atoms with Crippen LogP contribution >= 0.6 is 0 Å². The molecule has 4 aliphatic heterocycles. The molecule has 2 saturated carbocycles. The summed E-state index contributed by atoms with van der Waals surface area (Å²) in [6.07, 6.45) is 14.5. The summed E-state index contributed by atoms with van der Waals surface area (Å²) in [5, 5.41) is 0. The van der Waals surface area contributed by atoms with Gasteiger partial charge in [-0.1, -0.05) is 62.1 Å². The van der Waals surface area contributed by atoms with Crippen molar-refractivity contribution < 1.29 is 9.53 Å². The standard InChI is InChI=1S/C35H48N6O2/c42-34(32-8-5-19-43-32)40-17-15-35(16-18-40)22-30(35)25-11-9-24(10-12-25)28-20-26-13-14-27(33-36-38-39-37-33)21-31(26)41(23-28)29-6-3-1-2-4-7-29/h9-14,21,28-30,32-33,36-39H,1-8,15-20,22-23H2/t28?,30-,32-/m1/s1. The van der Waals surface area contributed by atoms with E-state index in [0.717, 1.165) is 58.3 Å². The fraction of sp³-hybridized carbons (Fsp3) is 0.629. The SMILES string of the molecule is O=C([C@H]1CCCO1)N1CCC2(CC1)C[C@@H]2c1ccc(C2Cc3ccc(C4NNNN4)cc3N(C3CCCCCC3)C2)cc1. The van der Waals surface area contributed by atoms with Crippen molar-refractivity contribution in [2.24, 2.45) is 5.41 Å². The van der Waals surface area contributed by atoms with E-state index in [1.54, 1.807) is 0 Å². The molecule has 4 heterocycles. The van der Waals surface area contributed by atoms with Crippen LogP contribution in [0, 0.1) is 5.41 Å². The molecular formula is C35H48N6O2. The molecule has 1 spiro atoms. The number of likely N-dealkylation sites (tertiary alicyclic amines) is 1. The zero-order valence-corrected chi connectivity index (χ0v) is 25.5. The summed E-state index contributed by atoms with van der Waals surface area (Å²) < 4.78 is 5.68. The number of piperidine rings is 1. The van der Waals surface area contributed by atoms with Crippen molar-refractivity contribution in [2.75, 3.05) is 31.1 Å². The van der Waals surface area contributed by atoms with Gasteiger partial charge in [-0.2, -0.15) is 11.1 Å². The molecule has 2 aliphatic carbocycles. The predicted molar refractivity (Wildman–Crippen MR) is 168 cm³/mol. The highest BCUT2D eigenvalue weighted by atomic mass is 16.5. The first-order valence-corrected chi connectivity index (χ1v) is 17.1. The van der Waals surface area contributed by atoms with Crippen LogP contribution in [0.4, 0.5) is 5.69 Å². The molecule has 2 aromatic carbocycles. The van der Waals surface area contributed by atoms with Gasteiger partial charge in [-0.25, -0.2) is 10.9 Å². The summed E-state index contributed by atoms with van der Waals surface area (Å²) in [6, 6.07) is 17.5. The highest BCUT2D eigenvalue weighted by molar-refractivity contribution is 5.81. The number of hydrazine groups is 3. The average molecular weight is 585 g/mol. The van der Waals surface area contributed by atoms with Gasteiger partial charge in [0.05, 0.1) is 0 Å². The molecule has 0 radical (unpaired) electrons. The zero-order valence-electron chi connectivity index (χ0n) is 25.5. The molecule has 3 atom stereocenters. The fourth-order valence-electron chi connectivity index (χ4n) is 8.94. The molecule has 8 rings (SSSR count). The summed E-state index contributed by atoms with van der Waals surface area (Å²) in [5.74, 6) is 1.40. The van der Waals surface area contributed by atoms with Gasteiger partial charge in [-0.05, 0) is 91.0 Å². The molecular weight excluding hydrogens is 536 g/mol. The van der Waals surface area contributed by atoms with Crippen molar-refractivity contribution in [2.45, 2.75) is 107 Å². The van der Waals surface area contributed by atoms with E-state index in [9.17, 15) is 4.79 Å². The third-order valence-electron chi connectivity index (χ3n) is 11.7. The van der Waals surface area contributed by atoms with E-state index in [1.807, 2.05) is 0 Å². The van der Waals surface area contributed by atoms with Gasteiger partial charge in [-0.15, -0.1) is 0 Å². The first-order chi connectivity index (χ1) is 21.2. The van der Waals surface area contributed by atoms with Crippen LogP contribution in [0.1, 0.15) is 111 Å². The lowest BCUT2D eigenvalue weighted by Crippen LogP contribution is -2.44. The maximum absolute atomic E-state index is 12.9. The number of fused-ring (bicyclic) bond motifs is 1. The molecule has 2 aromatic rings. The molecule has 5 fully saturated rings. The molecule has 8 heteroatoms. The largest absolute Gasteiger partial charge is 0.368 e. The van der Waals surface area contributed by atoms with Crippen LogP contribution in [0.2, 0.25) is 0 Å². The fourth-order valence-corrected chi connectivity index (χ4v) is 8.94. The van der Waals surface area contributed by atoms with E-state index >= 15 is 0 Å². The zero-order chi connectivity index (χ0) is 28.8. The Morgan fingerprint density at radius 2 is 1.56 bits per heavy atom. The van der Waals surface area contributed by atoms with E-state index < -0.39 is 0 Å². The molecule has 0 aromatic heterocycles. The Balaban J connectivity index is 0.963. The summed E-state index contributed by atoms with van der Waals surface area (Å²) in [5.41, 5.74) is 20.0. The van der Waals surface area contributed by atoms with Crippen LogP contribution in [0.5, 0.6) is 0 Å². The van der Waals surface area contributed by atoms with Gasteiger partial charge < -0.3 is 14.5 Å². The van der Waals surface area contributed by atoms with Crippen LogP contribution < -0.4 is 26.8 Å². The normalized spacial score (nSPS) is 29.5. The summed E-state index contributed by atoms with van der Waals surface area (Å²) in [6.45, 7) is 3.63. The number of carbonyl (C=O) groups is 1. The van der Waals surface area contributed by atoms with Crippen molar-refractivity contribution in [3.8, 4) is 0 Å². The Kier molecular flexibility index (Phi) is 7.68. The molecule has 230 valence electrons. The highest BCUT2D eigenvalue weighted by Crippen LogP contribution is 2.65. The number of nitrogens with zero attached hydrogens (tertiary/aromatic N) is 2. The van der Waals surface area contributed by atoms with E-state index in [0.29, 0.717) is 23.3 Å². The molecule has 1 unspecified atom stereocenters. The number of carbonyl (C=O) groups excluding carboxylic acids is 1. The Morgan fingerprint density at radius 3 is 2.28 bits per heavy atom. The molecule has 8 nitrogen and oxygen atoms in total. The Labute approximate surface area is 256 Å². The number of benzene rings is 2. The quantitative estimate of drug-likeness (QED) is 0.371. The monoisotopic (exact) mass is 584 g/mol. The van der Waals surface area contributed by atoms with Gasteiger partial charge in [-0.3, -0.25) is 4.79 Å². The number of rotatable bonds is 5. The van der Waals surface area contributed by atoms with Crippen LogP contribution in [0.3, 0.4) is 0 Å². The highest BCUT2D eigenvalue weighted by Gasteiger charge is 2.55. The number of hydrogen-bond donors (Lipinski definition) is 4. The van der Waals surface area contributed by atoms with Gasteiger partial charge in [0.2, 0.25) is 0 Å². The molecule has 4 N–H and O–H groups in total. The van der Waals surface area contributed by atoms with Crippen LogP contribution in [0.25, 0.3) is 0 Å². The number of hydrogen-bond acceptors (Lipinski definition) is 7. The van der Waals surface area contributed by atoms with E-state index in [2.05, 4.69) is 74.2 Å². The molecule has 6 aliphatic rings. The lowest BCUT2D eigenvalue weighted by Gasteiger charge is -2.42. The number of anilines is 1. The Hall–Kier alpha value is -2.49. The molecule has 1 amide bonds. The summed E-state index contributed by atoms with van der Waals surface area (Å²) in [7, 11) is 0. The summed E-state index contributed by atoms with van der Waals surface area (Å²) in [4.78, 5) is 17.7. The van der Waals surface area contributed by atoms with E-state index in [-0.39, 0.29) is 18.2 Å². The van der Waals surface area contributed by atoms with Crippen LogP contribution in [-0.2, 0) is 16.0 Å². The maximum atomic E-state index is 12.9. The topological polar surface area (TPSA) is 80.9 Å². The smallest absolute Gasteiger partial charge is 0.251 e.